The zero-order valence-electron chi connectivity index (χ0n) is 10.2. The molecule has 6 heteroatoms. The Kier molecular flexibility index (Phi) is 4.30. The van der Waals surface area contributed by atoms with E-state index >= 15 is 0 Å². The minimum Gasteiger partial charge on any atom is -0.472 e. The molecule has 0 saturated heterocycles. The van der Waals surface area contributed by atoms with Crippen LogP contribution in [0.25, 0.3) is 0 Å². The highest BCUT2D eigenvalue weighted by atomic mass is 35.5. The monoisotopic (exact) mass is 278 g/mol. The highest BCUT2D eigenvalue weighted by Gasteiger charge is 2.07. The standard InChI is InChI=1S/C13H11ClN2O3/c1-18-13(17)11-6-16-12(7-15-11)19-8-9-2-4-10(14)5-3-9/h2-7H,8H2,1H3. The maximum atomic E-state index is 11.2. The van der Waals surface area contributed by atoms with Gasteiger partial charge in [-0.3, -0.25) is 0 Å². The van der Waals surface area contributed by atoms with Crippen LogP contribution >= 0.6 is 11.6 Å². The Morgan fingerprint density at radius 1 is 1.21 bits per heavy atom. The Morgan fingerprint density at radius 2 is 1.95 bits per heavy atom. The Labute approximate surface area is 115 Å². The number of benzene rings is 1. The second-order valence-corrected chi connectivity index (χ2v) is 4.08. The van der Waals surface area contributed by atoms with Gasteiger partial charge in [-0.05, 0) is 17.7 Å². The second-order valence-electron chi connectivity index (χ2n) is 3.65. The van der Waals surface area contributed by atoms with Crippen LogP contribution < -0.4 is 4.74 Å². The molecule has 0 spiro atoms. The van der Waals surface area contributed by atoms with E-state index in [-0.39, 0.29) is 5.69 Å². The number of nitrogens with zero attached hydrogens (tertiary/aromatic N) is 2. The predicted molar refractivity (Wildman–Crippen MR) is 69.2 cm³/mol. The quantitative estimate of drug-likeness (QED) is 0.804. The lowest BCUT2D eigenvalue weighted by molar-refractivity contribution is 0.0593. The average molecular weight is 279 g/mol. The topological polar surface area (TPSA) is 61.3 Å². The predicted octanol–water partition coefficient (Wildman–Crippen LogP) is 2.50. The van der Waals surface area contributed by atoms with Gasteiger partial charge in [-0.1, -0.05) is 23.7 Å². The van der Waals surface area contributed by atoms with Gasteiger partial charge in [0.1, 0.15) is 6.61 Å². The van der Waals surface area contributed by atoms with Crippen LogP contribution in [0.2, 0.25) is 5.02 Å². The van der Waals surface area contributed by atoms with E-state index in [0.717, 1.165) is 5.56 Å². The SMILES string of the molecule is COC(=O)c1cnc(OCc2ccc(Cl)cc2)cn1. The summed E-state index contributed by atoms with van der Waals surface area (Å²) in [6.07, 6.45) is 2.69. The molecule has 1 heterocycles. The highest BCUT2D eigenvalue weighted by molar-refractivity contribution is 6.30. The van der Waals surface area contributed by atoms with Gasteiger partial charge in [0.2, 0.25) is 5.88 Å². The minimum absolute atomic E-state index is 0.140. The molecule has 5 nitrogen and oxygen atoms in total. The number of methoxy groups -OCH3 is 1. The zero-order chi connectivity index (χ0) is 13.7. The van der Waals surface area contributed by atoms with Gasteiger partial charge in [-0.2, -0.15) is 0 Å². The van der Waals surface area contributed by atoms with Crippen LogP contribution in [-0.4, -0.2) is 23.0 Å². The molecule has 2 aromatic rings. The molecule has 0 radical (unpaired) electrons. The summed E-state index contributed by atoms with van der Waals surface area (Å²) in [5.41, 5.74) is 1.10. The lowest BCUT2D eigenvalue weighted by Crippen LogP contribution is -2.05. The highest BCUT2D eigenvalue weighted by Crippen LogP contribution is 2.12. The molecule has 0 fully saturated rings. The summed E-state index contributed by atoms with van der Waals surface area (Å²) in [5, 5.41) is 0.672. The largest absolute Gasteiger partial charge is 0.472 e. The molecule has 1 aromatic heterocycles. The average Bonchev–Trinajstić information content (AvgIpc) is 2.46. The number of halogens is 1. The molecule has 0 atom stereocenters. The van der Waals surface area contributed by atoms with E-state index < -0.39 is 5.97 Å². The fourth-order valence-electron chi connectivity index (χ4n) is 1.34. The van der Waals surface area contributed by atoms with Crippen molar-refractivity contribution in [1.82, 2.24) is 9.97 Å². The number of hydrogen-bond acceptors (Lipinski definition) is 5. The van der Waals surface area contributed by atoms with E-state index in [1.54, 1.807) is 12.1 Å². The van der Waals surface area contributed by atoms with Crippen LogP contribution in [0.1, 0.15) is 16.1 Å². The summed E-state index contributed by atoms with van der Waals surface area (Å²) in [4.78, 5) is 19.0. The van der Waals surface area contributed by atoms with Crippen molar-refractivity contribution < 1.29 is 14.3 Å². The fraction of sp³-hybridized carbons (Fsp3) is 0.154. The van der Waals surface area contributed by atoms with Crippen LogP contribution in [-0.2, 0) is 11.3 Å². The van der Waals surface area contributed by atoms with Gasteiger partial charge < -0.3 is 9.47 Å². The van der Waals surface area contributed by atoms with Crippen LogP contribution in [0.15, 0.2) is 36.7 Å². The maximum absolute atomic E-state index is 11.2. The smallest absolute Gasteiger partial charge is 0.358 e. The third-order valence-electron chi connectivity index (χ3n) is 2.32. The van der Waals surface area contributed by atoms with E-state index in [2.05, 4.69) is 14.7 Å². The third kappa shape index (κ3) is 3.66. The summed E-state index contributed by atoms with van der Waals surface area (Å²) in [6.45, 7) is 0.351. The summed E-state index contributed by atoms with van der Waals surface area (Å²) in [6, 6.07) is 7.29. The molecule has 19 heavy (non-hydrogen) atoms. The Balaban J connectivity index is 1.96. The van der Waals surface area contributed by atoms with Crippen molar-refractivity contribution >= 4 is 17.6 Å². The Morgan fingerprint density at radius 3 is 2.53 bits per heavy atom. The van der Waals surface area contributed by atoms with Gasteiger partial charge in [0, 0.05) is 5.02 Å². The molecular formula is C13H11ClN2O3. The summed E-state index contributed by atoms with van der Waals surface area (Å²) >= 11 is 5.78. The molecule has 0 N–H and O–H groups in total. The number of rotatable bonds is 4. The number of hydrogen-bond donors (Lipinski definition) is 0. The van der Waals surface area contributed by atoms with Crippen LogP contribution in [0, 0.1) is 0 Å². The van der Waals surface area contributed by atoms with Gasteiger partial charge in [-0.25, -0.2) is 14.8 Å². The van der Waals surface area contributed by atoms with E-state index in [1.165, 1.54) is 19.5 Å². The molecule has 98 valence electrons. The summed E-state index contributed by atoms with van der Waals surface area (Å²) in [7, 11) is 1.29. The number of esters is 1. The summed E-state index contributed by atoms with van der Waals surface area (Å²) < 4.78 is 9.95. The first kappa shape index (κ1) is 13.3. The first-order chi connectivity index (χ1) is 9.19. The van der Waals surface area contributed by atoms with Crippen molar-refractivity contribution in [2.75, 3.05) is 7.11 Å². The van der Waals surface area contributed by atoms with E-state index in [1.807, 2.05) is 12.1 Å². The first-order valence-corrected chi connectivity index (χ1v) is 5.84. The van der Waals surface area contributed by atoms with Crippen molar-refractivity contribution in [1.29, 1.82) is 0 Å². The molecule has 2 rings (SSSR count). The van der Waals surface area contributed by atoms with Crippen molar-refractivity contribution in [3.8, 4) is 5.88 Å². The molecule has 0 aliphatic carbocycles. The number of carbonyl (C=O) groups excluding carboxylic acids is 1. The maximum Gasteiger partial charge on any atom is 0.358 e. The fourth-order valence-corrected chi connectivity index (χ4v) is 1.46. The van der Waals surface area contributed by atoms with Crippen molar-refractivity contribution in [2.24, 2.45) is 0 Å². The van der Waals surface area contributed by atoms with Gasteiger partial charge >= 0.3 is 5.97 Å². The number of aromatic nitrogens is 2. The van der Waals surface area contributed by atoms with Crippen molar-refractivity contribution in [3.05, 3.63) is 52.9 Å². The van der Waals surface area contributed by atoms with Gasteiger partial charge in [-0.15, -0.1) is 0 Å². The second kappa shape index (κ2) is 6.15. The third-order valence-corrected chi connectivity index (χ3v) is 2.57. The van der Waals surface area contributed by atoms with Crippen LogP contribution in [0.5, 0.6) is 5.88 Å². The number of carbonyl (C=O) groups is 1. The van der Waals surface area contributed by atoms with E-state index in [4.69, 9.17) is 16.3 Å². The van der Waals surface area contributed by atoms with Gasteiger partial charge in [0.05, 0.1) is 19.5 Å². The van der Waals surface area contributed by atoms with Gasteiger partial charge in [0.15, 0.2) is 5.69 Å². The molecule has 0 aliphatic rings. The van der Waals surface area contributed by atoms with Crippen LogP contribution in [0.3, 0.4) is 0 Å². The molecule has 0 bridgehead atoms. The van der Waals surface area contributed by atoms with E-state index in [0.29, 0.717) is 17.5 Å². The van der Waals surface area contributed by atoms with Crippen molar-refractivity contribution in [2.45, 2.75) is 6.61 Å². The number of ether oxygens (including phenoxy) is 2. The van der Waals surface area contributed by atoms with Gasteiger partial charge in [0.25, 0.3) is 0 Å². The Bertz CT molecular complexity index is 555. The Hall–Kier alpha value is -2.14. The minimum atomic E-state index is -0.531. The molecule has 0 aliphatic heterocycles. The lowest BCUT2D eigenvalue weighted by Gasteiger charge is -2.05. The normalized spacial score (nSPS) is 10.0. The molecular weight excluding hydrogens is 268 g/mol. The zero-order valence-corrected chi connectivity index (χ0v) is 10.9. The summed E-state index contributed by atoms with van der Waals surface area (Å²) in [5.74, 6) is -0.195. The molecule has 0 unspecified atom stereocenters. The van der Waals surface area contributed by atoms with E-state index in [9.17, 15) is 4.79 Å². The lowest BCUT2D eigenvalue weighted by atomic mass is 10.2. The molecule has 0 saturated carbocycles. The molecule has 1 aromatic carbocycles. The van der Waals surface area contributed by atoms with Crippen LogP contribution in [0.4, 0.5) is 0 Å². The molecule has 0 amide bonds. The first-order valence-electron chi connectivity index (χ1n) is 5.46. The van der Waals surface area contributed by atoms with Crippen molar-refractivity contribution in [3.63, 3.8) is 0 Å².